The van der Waals surface area contributed by atoms with E-state index < -0.39 is 5.56 Å². The minimum Gasteiger partial charge on any atom is -0.350 e. The van der Waals surface area contributed by atoms with E-state index in [2.05, 4.69) is 15.6 Å². The first kappa shape index (κ1) is 17.4. The molecule has 0 saturated heterocycles. The van der Waals surface area contributed by atoms with Crippen molar-refractivity contribution < 1.29 is 9.59 Å². The summed E-state index contributed by atoms with van der Waals surface area (Å²) in [5, 5.41) is 5.29. The zero-order chi connectivity index (χ0) is 17.5. The maximum atomic E-state index is 12.4. The third-order valence-electron chi connectivity index (χ3n) is 3.50. The van der Waals surface area contributed by atoms with E-state index in [-0.39, 0.29) is 30.5 Å². The molecule has 0 aromatic carbocycles. The van der Waals surface area contributed by atoms with Gasteiger partial charge in [0, 0.05) is 31.1 Å². The van der Waals surface area contributed by atoms with Gasteiger partial charge in [0.25, 0.3) is 5.56 Å². The Kier molecular flexibility index (Phi) is 5.83. The number of anilines is 1. The van der Waals surface area contributed by atoms with Crippen molar-refractivity contribution in [2.24, 2.45) is 0 Å². The fourth-order valence-electron chi connectivity index (χ4n) is 2.10. The number of amides is 2. The lowest BCUT2D eigenvalue weighted by atomic mass is 10.3. The van der Waals surface area contributed by atoms with Crippen molar-refractivity contribution in [3.63, 3.8) is 0 Å². The Labute approximate surface area is 139 Å². The average molecular weight is 328 g/mol. The number of nitrogens with zero attached hydrogens (tertiary/aromatic N) is 2. The average Bonchev–Trinajstić information content (AvgIpc) is 2.60. The number of hydrogen-bond acceptors (Lipinski definition) is 4. The second-order valence-corrected chi connectivity index (χ2v) is 5.32. The van der Waals surface area contributed by atoms with Crippen LogP contribution in [-0.2, 0) is 22.7 Å². The van der Waals surface area contributed by atoms with Gasteiger partial charge < -0.3 is 15.2 Å². The maximum absolute atomic E-state index is 12.4. The summed E-state index contributed by atoms with van der Waals surface area (Å²) in [6.45, 7) is 3.67. The Morgan fingerprint density at radius 1 is 1.21 bits per heavy atom. The largest absolute Gasteiger partial charge is 0.350 e. The molecule has 2 aromatic heterocycles. The van der Waals surface area contributed by atoms with E-state index in [9.17, 15) is 14.4 Å². The molecule has 7 nitrogen and oxygen atoms in total. The maximum Gasteiger partial charge on any atom is 0.274 e. The molecule has 126 valence electrons. The predicted octanol–water partition coefficient (Wildman–Crippen LogP) is 1.22. The van der Waals surface area contributed by atoms with Crippen molar-refractivity contribution in [3.05, 3.63) is 58.3 Å². The number of nitrogens with one attached hydrogen (secondary N) is 2. The molecular weight excluding hydrogens is 308 g/mol. The first-order valence-corrected chi connectivity index (χ1v) is 7.67. The Bertz CT molecular complexity index is 784. The van der Waals surface area contributed by atoms with Crippen molar-refractivity contribution >= 4 is 17.5 Å². The quantitative estimate of drug-likeness (QED) is 0.834. The van der Waals surface area contributed by atoms with E-state index in [0.717, 1.165) is 5.56 Å². The normalized spacial score (nSPS) is 10.2. The molecule has 0 saturated carbocycles. The minimum atomic E-state index is -0.395. The highest BCUT2D eigenvalue weighted by atomic mass is 16.2. The van der Waals surface area contributed by atoms with Gasteiger partial charge in [0.05, 0.1) is 0 Å². The van der Waals surface area contributed by atoms with E-state index in [1.54, 1.807) is 44.4 Å². The highest BCUT2D eigenvalue weighted by Gasteiger charge is 2.11. The highest BCUT2D eigenvalue weighted by Crippen LogP contribution is 2.04. The second-order valence-electron chi connectivity index (χ2n) is 5.32. The molecule has 2 rings (SSSR count). The molecule has 0 bridgehead atoms. The SMILES string of the molecule is CCC(=O)Nc1ccc(C)n(CC(=O)NCc2cccnc2)c1=O. The summed E-state index contributed by atoms with van der Waals surface area (Å²) in [6, 6.07) is 6.89. The third-order valence-corrected chi connectivity index (χ3v) is 3.50. The lowest BCUT2D eigenvalue weighted by Gasteiger charge is -2.12. The van der Waals surface area contributed by atoms with E-state index in [4.69, 9.17) is 0 Å². The molecule has 0 spiro atoms. The predicted molar refractivity (Wildman–Crippen MR) is 90.4 cm³/mol. The van der Waals surface area contributed by atoms with Crippen molar-refractivity contribution in [3.8, 4) is 0 Å². The Hall–Kier alpha value is -2.96. The molecule has 0 fully saturated rings. The van der Waals surface area contributed by atoms with Gasteiger partial charge in [-0.1, -0.05) is 13.0 Å². The van der Waals surface area contributed by atoms with Gasteiger partial charge in [-0.2, -0.15) is 0 Å². The minimum absolute atomic E-state index is 0.110. The molecule has 0 aliphatic rings. The summed E-state index contributed by atoms with van der Waals surface area (Å²) in [5.41, 5.74) is 1.30. The molecular formula is C17H20N4O3. The van der Waals surface area contributed by atoms with Gasteiger partial charge in [0.1, 0.15) is 12.2 Å². The third kappa shape index (κ3) is 4.52. The lowest BCUT2D eigenvalue weighted by molar-refractivity contribution is -0.122. The van der Waals surface area contributed by atoms with Crippen molar-refractivity contribution in [1.82, 2.24) is 14.9 Å². The van der Waals surface area contributed by atoms with Gasteiger partial charge in [0.15, 0.2) is 0 Å². The van der Waals surface area contributed by atoms with E-state index >= 15 is 0 Å². The molecule has 0 unspecified atom stereocenters. The zero-order valence-electron chi connectivity index (χ0n) is 13.7. The van der Waals surface area contributed by atoms with Gasteiger partial charge >= 0.3 is 0 Å². The van der Waals surface area contributed by atoms with Crippen molar-refractivity contribution in [2.45, 2.75) is 33.4 Å². The van der Waals surface area contributed by atoms with Crippen LogP contribution in [0, 0.1) is 6.92 Å². The fourth-order valence-corrected chi connectivity index (χ4v) is 2.10. The van der Waals surface area contributed by atoms with E-state index in [1.807, 2.05) is 6.07 Å². The van der Waals surface area contributed by atoms with Crippen LogP contribution in [0.3, 0.4) is 0 Å². The summed E-state index contributed by atoms with van der Waals surface area (Å²) in [7, 11) is 0. The number of hydrogen-bond donors (Lipinski definition) is 2. The van der Waals surface area contributed by atoms with Crippen molar-refractivity contribution in [1.29, 1.82) is 0 Å². The number of carbonyl (C=O) groups is 2. The van der Waals surface area contributed by atoms with Gasteiger partial charge in [-0.25, -0.2) is 0 Å². The Morgan fingerprint density at radius 3 is 2.67 bits per heavy atom. The molecule has 0 aliphatic carbocycles. The first-order valence-electron chi connectivity index (χ1n) is 7.67. The zero-order valence-corrected chi connectivity index (χ0v) is 13.7. The van der Waals surface area contributed by atoms with Gasteiger partial charge in [-0.3, -0.25) is 19.4 Å². The van der Waals surface area contributed by atoms with Gasteiger partial charge in [0.2, 0.25) is 11.8 Å². The van der Waals surface area contributed by atoms with Crippen LogP contribution >= 0.6 is 0 Å². The fraction of sp³-hybridized carbons (Fsp3) is 0.294. The monoisotopic (exact) mass is 328 g/mol. The molecule has 0 atom stereocenters. The van der Waals surface area contributed by atoms with Crippen LogP contribution in [0.1, 0.15) is 24.6 Å². The van der Waals surface area contributed by atoms with Crippen molar-refractivity contribution in [2.75, 3.05) is 5.32 Å². The molecule has 0 radical (unpaired) electrons. The number of pyridine rings is 2. The van der Waals surface area contributed by atoms with Crippen LogP contribution < -0.4 is 16.2 Å². The number of rotatable bonds is 6. The molecule has 7 heteroatoms. The summed E-state index contributed by atoms with van der Waals surface area (Å²) in [4.78, 5) is 40.0. The molecule has 2 heterocycles. The second kappa shape index (κ2) is 8.05. The molecule has 2 N–H and O–H groups in total. The van der Waals surface area contributed by atoms with Gasteiger partial charge in [-0.15, -0.1) is 0 Å². The van der Waals surface area contributed by atoms with Crippen LogP contribution in [0.4, 0.5) is 5.69 Å². The highest BCUT2D eigenvalue weighted by molar-refractivity contribution is 5.90. The molecule has 2 aromatic rings. The van der Waals surface area contributed by atoms with Gasteiger partial charge in [-0.05, 0) is 30.7 Å². The van der Waals surface area contributed by atoms with E-state index in [0.29, 0.717) is 12.2 Å². The number of carbonyl (C=O) groups excluding carboxylic acids is 2. The summed E-state index contributed by atoms with van der Waals surface area (Å²) in [6.07, 6.45) is 3.60. The van der Waals surface area contributed by atoms with Crippen LogP contribution in [0.15, 0.2) is 41.5 Å². The van der Waals surface area contributed by atoms with Crippen LogP contribution in [0.5, 0.6) is 0 Å². The van der Waals surface area contributed by atoms with Crippen LogP contribution in [0.25, 0.3) is 0 Å². The topological polar surface area (TPSA) is 93.1 Å². The van der Waals surface area contributed by atoms with Crippen LogP contribution in [0.2, 0.25) is 0 Å². The Morgan fingerprint density at radius 2 is 2.00 bits per heavy atom. The summed E-state index contributed by atoms with van der Waals surface area (Å²) >= 11 is 0. The number of aryl methyl sites for hydroxylation is 1. The molecule has 0 aliphatic heterocycles. The molecule has 24 heavy (non-hydrogen) atoms. The Balaban J connectivity index is 2.08. The lowest BCUT2D eigenvalue weighted by Crippen LogP contribution is -2.34. The number of aromatic nitrogens is 2. The molecule has 2 amide bonds. The summed E-state index contributed by atoms with van der Waals surface area (Å²) < 4.78 is 1.34. The first-order chi connectivity index (χ1) is 11.5. The smallest absolute Gasteiger partial charge is 0.274 e. The van der Waals surface area contributed by atoms with E-state index in [1.165, 1.54) is 4.57 Å². The standard InChI is InChI=1S/C17H20N4O3/c1-3-15(22)20-14-7-6-12(2)21(17(14)24)11-16(23)19-10-13-5-4-8-18-9-13/h4-9H,3,10-11H2,1-2H3,(H,19,23)(H,20,22). The van der Waals surface area contributed by atoms with Crippen LogP contribution in [-0.4, -0.2) is 21.4 Å². The summed E-state index contributed by atoms with van der Waals surface area (Å²) in [5.74, 6) is -0.536.